The van der Waals surface area contributed by atoms with Crippen molar-refractivity contribution < 1.29 is 5.11 Å². The smallest absolute Gasteiger partial charge is 0.0568 e. The molecule has 0 radical (unpaired) electrons. The van der Waals surface area contributed by atoms with E-state index in [0.29, 0.717) is 11.3 Å². The van der Waals surface area contributed by atoms with Gasteiger partial charge in [-0.2, -0.15) is 0 Å². The Hall–Kier alpha value is -0.300. The second-order valence-electron chi connectivity index (χ2n) is 6.38. The molecule has 0 spiro atoms. The van der Waals surface area contributed by atoms with E-state index in [1.165, 1.54) is 32.1 Å². The molecule has 0 saturated heterocycles. The van der Waals surface area contributed by atoms with Crippen LogP contribution in [0.25, 0.3) is 0 Å². The lowest BCUT2D eigenvalue weighted by Crippen LogP contribution is -2.22. The summed E-state index contributed by atoms with van der Waals surface area (Å²) in [5, 5.41) is 9.83. The Labute approximate surface area is 99.9 Å². The number of hydrogen-bond acceptors (Lipinski definition) is 1. The van der Waals surface area contributed by atoms with E-state index >= 15 is 0 Å². The van der Waals surface area contributed by atoms with Crippen LogP contribution in [0.5, 0.6) is 0 Å². The summed E-state index contributed by atoms with van der Waals surface area (Å²) in [5.74, 6) is 1.40. The van der Waals surface area contributed by atoms with E-state index in [4.69, 9.17) is 0 Å². The normalized spacial score (nSPS) is 37.8. The molecule has 0 amide bonds. The average Bonchev–Trinajstić information content (AvgIpc) is 2.72. The van der Waals surface area contributed by atoms with Gasteiger partial charge in [0.05, 0.1) is 6.10 Å². The zero-order valence-corrected chi connectivity index (χ0v) is 11.0. The summed E-state index contributed by atoms with van der Waals surface area (Å²) >= 11 is 0. The van der Waals surface area contributed by atoms with E-state index in [1.807, 2.05) is 0 Å². The van der Waals surface area contributed by atoms with Crippen molar-refractivity contribution in [2.45, 2.75) is 65.4 Å². The van der Waals surface area contributed by atoms with Gasteiger partial charge in [-0.25, -0.2) is 0 Å². The number of aliphatic hydroxyl groups is 1. The second kappa shape index (κ2) is 4.52. The standard InChI is InChI=1S/C15H26O/c1-11-7-9-13(15(11,2)3)10-8-12-5-4-6-14(12)16/h7,12-14,16H,4-6,8-10H2,1-3H3. The fourth-order valence-corrected chi connectivity index (χ4v) is 3.45. The summed E-state index contributed by atoms with van der Waals surface area (Å²) < 4.78 is 0. The van der Waals surface area contributed by atoms with Crippen molar-refractivity contribution in [2.75, 3.05) is 0 Å². The van der Waals surface area contributed by atoms with Gasteiger partial charge in [-0.05, 0) is 56.3 Å². The molecule has 2 aliphatic carbocycles. The quantitative estimate of drug-likeness (QED) is 0.718. The predicted octanol–water partition coefficient (Wildman–Crippen LogP) is 3.92. The molecule has 16 heavy (non-hydrogen) atoms. The van der Waals surface area contributed by atoms with Crippen LogP contribution >= 0.6 is 0 Å². The number of hydrogen-bond donors (Lipinski definition) is 1. The van der Waals surface area contributed by atoms with Crippen molar-refractivity contribution in [3.8, 4) is 0 Å². The van der Waals surface area contributed by atoms with E-state index in [-0.39, 0.29) is 6.10 Å². The Morgan fingerprint density at radius 2 is 2.06 bits per heavy atom. The SMILES string of the molecule is CC1=CCC(CCC2CCCC2O)C1(C)C. The second-order valence-corrected chi connectivity index (χ2v) is 6.38. The number of aliphatic hydroxyl groups excluding tert-OH is 1. The summed E-state index contributed by atoms with van der Waals surface area (Å²) in [7, 11) is 0. The largest absolute Gasteiger partial charge is 0.393 e. The maximum atomic E-state index is 9.83. The fourth-order valence-electron chi connectivity index (χ4n) is 3.45. The minimum absolute atomic E-state index is 0.00132. The topological polar surface area (TPSA) is 20.2 Å². The first-order valence-electron chi connectivity index (χ1n) is 6.87. The summed E-state index contributed by atoms with van der Waals surface area (Å²) in [6.07, 6.45) is 9.71. The van der Waals surface area contributed by atoms with Crippen LogP contribution in [0.4, 0.5) is 0 Å². The predicted molar refractivity (Wildman–Crippen MR) is 68.2 cm³/mol. The zero-order chi connectivity index (χ0) is 11.8. The monoisotopic (exact) mass is 222 g/mol. The first-order chi connectivity index (χ1) is 7.51. The molecule has 0 bridgehead atoms. The lowest BCUT2D eigenvalue weighted by atomic mass is 9.74. The molecular weight excluding hydrogens is 196 g/mol. The van der Waals surface area contributed by atoms with Crippen molar-refractivity contribution in [1.29, 1.82) is 0 Å². The highest BCUT2D eigenvalue weighted by Gasteiger charge is 2.35. The third-order valence-electron chi connectivity index (χ3n) is 5.25. The summed E-state index contributed by atoms with van der Waals surface area (Å²) in [6, 6.07) is 0. The van der Waals surface area contributed by atoms with E-state index in [9.17, 15) is 5.11 Å². The minimum Gasteiger partial charge on any atom is -0.393 e. The highest BCUT2D eigenvalue weighted by atomic mass is 16.3. The molecule has 1 fully saturated rings. The van der Waals surface area contributed by atoms with Gasteiger partial charge in [0.1, 0.15) is 0 Å². The molecule has 0 aromatic heterocycles. The van der Waals surface area contributed by atoms with Gasteiger partial charge in [0.15, 0.2) is 0 Å². The summed E-state index contributed by atoms with van der Waals surface area (Å²) in [6.45, 7) is 7.02. The van der Waals surface area contributed by atoms with Crippen LogP contribution in [0.3, 0.4) is 0 Å². The Balaban J connectivity index is 1.83. The zero-order valence-electron chi connectivity index (χ0n) is 11.0. The van der Waals surface area contributed by atoms with Gasteiger partial charge in [0.25, 0.3) is 0 Å². The van der Waals surface area contributed by atoms with E-state index < -0.39 is 0 Å². The average molecular weight is 222 g/mol. The van der Waals surface area contributed by atoms with Crippen molar-refractivity contribution in [2.24, 2.45) is 17.3 Å². The third-order valence-corrected chi connectivity index (χ3v) is 5.25. The molecule has 1 nitrogen and oxygen atoms in total. The van der Waals surface area contributed by atoms with Gasteiger partial charge < -0.3 is 5.11 Å². The van der Waals surface area contributed by atoms with Gasteiger partial charge in [0.2, 0.25) is 0 Å². The minimum atomic E-state index is -0.00132. The van der Waals surface area contributed by atoms with Gasteiger partial charge >= 0.3 is 0 Å². The molecule has 1 heteroatoms. The Kier molecular flexibility index (Phi) is 3.44. The molecule has 3 atom stereocenters. The fraction of sp³-hybridized carbons (Fsp3) is 0.867. The lowest BCUT2D eigenvalue weighted by Gasteiger charge is -2.30. The molecule has 3 unspecified atom stereocenters. The highest BCUT2D eigenvalue weighted by molar-refractivity contribution is 5.18. The van der Waals surface area contributed by atoms with Gasteiger partial charge in [-0.3, -0.25) is 0 Å². The summed E-state index contributed by atoms with van der Waals surface area (Å²) in [4.78, 5) is 0. The molecule has 92 valence electrons. The van der Waals surface area contributed by atoms with Crippen LogP contribution in [-0.4, -0.2) is 11.2 Å². The van der Waals surface area contributed by atoms with Crippen molar-refractivity contribution in [3.63, 3.8) is 0 Å². The lowest BCUT2D eigenvalue weighted by molar-refractivity contribution is 0.118. The Bertz CT molecular complexity index is 277. The number of allylic oxidation sites excluding steroid dienone is 2. The van der Waals surface area contributed by atoms with Crippen molar-refractivity contribution >= 4 is 0 Å². The maximum absolute atomic E-state index is 9.83. The molecule has 0 heterocycles. The van der Waals surface area contributed by atoms with E-state index in [1.54, 1.807) is 5.57 Å². The highest BCUT2D eigenvalue weighted by Crippen LogP contribution is 2.46. The van der Waals surface area contributed by atoms with Gasteiger partial charge in [-0.15, -0.1) is 0 Å². The van der Waals surface area contributed by atoms with Crippen LogP contribution in [0.1, 0.15) is 59.3 Å². The van der Waals surface area contributed by atoms with Crippen LogP contribution in [0.15, 0.2) is 11.6 Å². The van der Waals surface area contributed by atoms with E-state index in [2.05, 4.69) is 26.8 Å². The molecule has 0 aliphatic heterocycles. The van der Waals surface area contributed by atoms with Gasteiger partial charge in [-0.1, -0.05) is 31.9 Å². The third kappa shape index (κ3) is 2.20. The van der Waals surface area contributed by atoms with Gasteiger partial charge in [0, 0.05) is 0 Å². The van der Waals surface area contributed by atoms with Crippen molar-refractivity contribution in [3.05, 3.63) is 11.6 Å². The van der Waals surface area contributed by atoms with Crippen molar-refractivity contribution in [1.82, 2.24) is 0 Å². The molecular formula is C15H26O. The Morgan fingerprint density at radius 1 is 1.31 bits per heavy atom. The molecule has 2 aliphatic rings. The van der Waals surface area contributed by atoms with Crippen LogP contribution in [0, 0.1) is 17.3 Å². The number of rotatable bonds is 3. The molecule has 2 rings (SSSR count). The van der Waals surface area contributed by atoms with E-state index in [0.717, 1.165) is 12.3 Å². The molecule has 0 aromatic carbocycles. The first-order valence-corrected chi connectivity index (χ1v) is 6.87. The van der Waals surface area contributed by atoms with Crippen LogP contribution < -0.4 is 0 Å². The first kappa shape index (κ1) is 12.2. The molecule has 0 aromatic rings. The van der Waals surface area contributed by atoms with Crippen LogP contribution in [0.2, 0.25) is 0 Å². The molecule has 1 saturated carbocycles. The van der Waals surface area contributed by atoms with Crippen LogP contribution in [-0.2, 0) is 0 Å². The summed E-state index contributed by atoms with van der Waals surface area (Å²) in [5.41, 5.74) is 1.95. The molecule has 1 N–H and O–H groups in total. The maximum Gasteiger partial charge on any atom is 0.0568 e. The Morgan fingerprint density at radius 3 is 2.56 bits per heavy atom.